The van der Waals surface area contributed by atoms with Crippen molar-refractivity contribution in [3.8, 4) is 0 Å². The molecule has 134 valence electrons. The van der Waals surface area contributed by atoms with Gasteiger partial charge in [0.15, 0.2) is 17.5 Å². The predicted molar refractivity (Wildman–Crippen MR) is 76.0 cm³/mol. The molecule has 1 aliphatic heterocycles. The molecule has 0 radical (unpaired) electrons. The van der Waals surface area contributed by atoms with Crippen molar-refractivity contribution >= 4 is 11.7 Å². The number of benzene rings is 1. The van der Waals surface area contributed by atoms with Crippen molar-refractivity contribution in [2.45, 2.75) is 24.4 Å². The molecule has 1 fully saturated rings. The lowest BCUT2D eigenvalue weighted by Gasteiger charge is -2.24. The average Bonchev–Trinajstić information content (AvgIpc) is 2.94. The number of hydrogen-bond donors (Lipinski definition) is 4. The maximum atomic E-state index is 13.6. The first-order valence-corrected chi connectivity index (χ1v) is 7.01. The van der Waals surface area contributed by atoms with E-state index in [4.69, 9.17) is 9.84 Å². The number of likely N-dealkylation sites (N-methyl/N-ethyl adjacent to an activating group) is 1. The second-order valence-electron chi connectivity index (χ2n) is 5.36. The van der Waals surface area contributed by atoms with Gasteiger partial charge in [0.1, 0.15) is 30.1 Å². The predicted octanol–water partition coefficient (Wildman–Crippen LogP) is -0.503. The maximum Gasteiger partial charge on any atom is 0.292 e. The molecule has 1 saturated heterocycles. The van der Waals surface area contributed by atoms with Gasteiger partial charge in [-0.2, -0.15) is 4.99 Å². The van der Waals surface area contributed by atoms with Gasteiger partial charge in [0.25, 0.3) is 6.02 Å². The molecule has 0 amide bonds. The van der Waals surface area contributed by atoms with Gasteiger partial charge in [-0.15, -0.1) is 0 Å². The quantitative estimate of drug-likeness (QED) is 0.534. The molecule has 4 unspecified atom stereocenters. The van der Waals surface area contributed by atoms with Crippen molar-refractivity contribution in [3.05, 3.63) is 29.6 Å². The van der Waals surface area contributed by atoms with Crippen LogP contribution in [-0.2, 0) is 4.74 Å². The molecule has 1 heterocycles. The van der Waals surface area contributed by atoms with Crippen LogP contribution in [0, 0.1) is 17.5 Å². The molecule has 10 heteroatoms. The topological polar surface area (TPSA) is 106 Å². The Morgan fingerprint density at radius 2 is 1.92 bits per heavy atom. The van der Waals surface area contributed by atoms with Gasteiger partial charge in [-0.25, -0.2) is 13.2 Å². The molecule has 0 bridgehead atoms. The fraction of sp³-hybridized carbons (Fsp3) is 0.500. The molecular formula is C14H17F3N2O5. The Kier molecular flexibility index (Phi) is 5.65. The van der Waals surface area contributed by atoms with Crippen molar-refractivity contribution in [2.24, 2.45) is 4.99 Å². The van der Waals surface area contributed by atoms with E-state index in [0.717, 1.165) is 6.07 Å². The summed E-state index contributed by atoms with van der Waals surface area (Å²) < 4.78 is 45.0. The van der Waals surface area contributed by atoms with Crippen LogP contribution in [0.1, 0.15) is 0 Å². The number of aliphatic hydroxyl groups excluding tert-OH is 4. The second kappa shape index (κ2) is 7.34. The van der Waals surface area contributed by atoms with Gasteiger partial charge in [0.05, 0.1) is 13.2 Å². The van der Waals surface area contributed by atoms with Gasteiger partial charge >= 0.3 is 0 Å². The Balaban J connectivity index is 2.18. The maximum absolute atomic E-state index is 13.6. The summed E-state index contributed by atoms with van der Waals surface area (Å²) in [6.07, 6.45) is -5.83. The van der Waals surface area contributed by atoms with Gasteiger partial charge in [-0.1, -0.05) is 0 Å². The van der Waals surface area contributed by atoms with Gasteiger partial charge in [-0.05, 0) is 12.1 Å². The zero-order valence-corrected chi connectivity index (χ0v) is 12.6. The summed E-state index contributed by atoms with van der Waals surface area (Å²) >= 11 is 0. The fourth-order valence-corrected chi connectivity index (χ4v) is 2.16. The smallest absolute Gasteiger partial charge is 0.292 e. The van der Waals surface area contributed by atoms with E-state index in [9.17, 15) is 28.5 Å². The van der Waals surface area contributed by atoms with Crippen LogP contribution in [0.25, 0.3) is 0 Å². The molecule has 0 aliphatic carbocycles. The number of rotatable bonds is 5. The summed E-state index contributed by atoms with van der Waals surface area (Å²) in [6.45, 7) is -0.734. The number of halogens is 3. The van der Waals surface area contributed by atoms with Crippen LogP contribution in [0.4, 0.5) is 18.9 Å². The van der Waals surface area contributed by atoms with Crippen LogP contribution in [0.2, 0.25) is 0 Å². The first kappa shape index (κ1) is 18.5. The molecule has 0 saturated carbocycles. The summed E-state index contributed by atoms with van der Waals surface area (Å²) in [7, 11) is 1.48. The number of aliphatic imine (C=N–C) groups is 1. The minimum atomic E-state index is -1.67. The SMILES string of the molecule is CN1CC(C(O)C(O)C(O)CO)OC1=Nc1ccc(F)c(F)c1F. The number of nitrogens with zero attached hydrogens (tertiary/aromatic N) is 2. The summed E-state index contributed by atoms with van der Waals surface area (Å²) in [5.74, 6) is -4.51. The third-order valence-corrected chi connectivity index (χ3v) is 3.58. The number of amidine groups is 1. The van der Waals surface area contributed by atoms with Crippen molar-refractivity contribution in [3.63, 3.8) is 0 Å². The molecule has 4 atom stereocenters. The van der Waals surface area contributed by atoms with E-state index >= 15 is 0 Å². The lowest BCUT2D eigenvalue weighted by atomic mass is 10.0. The van der Waals surface area contributed by atoms with Crippen LogP contribution in [0.3, 0.4) is 0 Å². The zero-order valence-electron chi connectivity index (χ0n) is 12.6. The van der Waals surface area contributed by atoms with Crippen LogP contribution in [-0.4, -0.2) is 76.0 Å². The zero-order chi connectivity index (χ0) is 18.0. The Morgan fingerprint density at radius 3 is 2.54 bits per heavy atom. The number of hydrogen-bond acceptors (Lipinski definition) is 6. The Hall–Kier alpha value is -1.88. The van der Waals surface area contributed by atoms with E-state index < -0.39 is 54.2 Å². The second-order valence-corrected chi connectivity index (χ2v) is 5.36. The van der Waals surface area contributed by atoms with E-state index in [-0.39, 0.29) is 12.6 Å². The van der Waals surface area contributed by atoms with Crippen molar-refractivity contribution in [1.29, 1.82) is 0 Å². The van der Waals surface area contributed by atoms with E-state index in [0.29, 0.717) is 6.07 Å². The Labute approximate surface area is 135 Å². The third kappa shape index (κ3) is 3.61. The monoisotopic (exact) mass is 350 g/mol. The fourth-order valence-electron chi connectivity index (χ4n) is 2.16. The highest BCUT2D eigenvalue weighted by molar-refractivity contribution is 5.79. The molecule has 24 heavy (non-hydrogen) atoms. The Bertz CT molecular complexity index is 631. The van der Waals surface area contributed by atoms with Crippen molar-refractivity contribution < 1.29 is 38.3 Å². The summed E-state index contributed by atoms with van der Waals surface area (Å²) in [6, 6.07) is 1.45. The molecule has 7 nitrogen and oxygen atoms in total. The largest absolute Gasteiger partial charge is 0.457 e. The van der Waals surface area contributed by atoms with Gasteiger partial charge in [0.2, 0.25) is 0 Å². The molecule has 2 rings (SSSR count). The third-order valence-electron chi connectivity index (χ3n) is 3.58. The van der Waals surface area contributed by atoms with Crippen LogP contribution in [0.5, 0.6) is 0 Å². The summed E-state index contributed by atoms with van der Waals surface area (Å²) in [4.78, 5) is 5.09. The highest BCUT2D eigenvalue weighted by Gasteiger charge is 2.38. The molecule has 0 aromatic heterocycles. The van der Waals surface area contributed by atoms with E-state index in [1.165, 1.54) is 11.9 Å². The standard InChI is InChI=1S/C14H17F3N2O5/c1-19-4-9(13(23)12(22)8(21)5-20)24-14(19)18-7-3-2-6(15)10(16)11(7)17/h2-3,8-9,12-13,20-23H,4-5H2,1H3. The number of ether oxygens (including phenoxy) is 1. The molecule has 1 aromatic rings. The normalized spacial score (nSPS) is 23.2. The van der Waals surface area contributed by atoms with Crippen molar-refractivity contribution in [2.75, 3.05) is 20.2 Å². The Morgan fingerprint density at radius 1 is 1.25 bits per heavy atom. The molecule has 1 aromatic carbocycles. The molecule has 0 spiro atoms. The lowest BCUT2D eigenvalue weighted by Crippen LogP contribution is -2.47. The molecular weight excluding hydrogens is 333 g/mol. The van der Waals surface area contributed by atoms with Gasteiger partial charge in [-0.3, -0.25) is 0 Å². The van der Waals surface area contributed by atoms with Gasteiger partial charge in [0, 0.05) is 7.05 Å². The van der Waals surface area contributed by atoms with Gasteiger partial charge < -0.3 is 30.1 Å². The summed E-state index contributed by atoms with van der Waals surface area (Å²) in [5.41, 5.74) is -0.498. The van der Waals surface area contributed by atoms with E-state index in [1.54, 1.807) is 0 Å². The average molecular weight is 350 g/mol. The first-order valence-electron chi connectivity index (χ1n) is 7.01. The highest BCUT2D eigenvalue weighted by atomic mass is 19.2. The minimum absolute atomic E-state index is 0.0283. The summed E-state index contributed by atoms with van der Waals surface area (Å²) in [5, 5.41) is 37.7. The van der Waals surface area contributed by atoms with Crippen LogP contribution >= 0.6 is 0 Å². The lowest BCUT2D eigenvalue weighted by molar-refractivity contribution is -0.106. The van der Waals surface area contributed by atoms with Crippen molar-refractivity contribution in [1.82, 2.24) is 4.90 Å². The molecule has 4 N–H and O–H groups in total. The van der Waals surface area contributed by atoms with E-state index in [2.05, 4.69) is 4.99 Å². The van der Waals surface area contributed by atoms with Crippen LogP contribution < -0.4 is 0 Å². The van der Waals surface area contributed by atoms with E-state index in [1.807, 2.05) is 0 Å². The van der Waals surface area contributed by atoms with Crippen LogP contribution in [0.15, 0.2) is 17.1 Å². The highest BCUT2D eigenvalue weighted by Crippen LogP contribution is 2.25. The molecule has 1 aliphatic rings. The minimum Gasteiger partial charge on any atom is -0.457 e. The number of aliphatic hydroxyl groups is 4. The first-order chi connectivity index (χ1) is 11.3.